The molecule has 0 radical (unpaired) electrons. The summed E-state index contributed by atoms with van der Waals surface area (Å²) in [4.78, 5) is 9.08. The van der Waals surface area contributed by atoms with Crippen molar-refractivity contribution >= 4 is 17.3 Å². The van der Waals surface area contributed by atoms with Gasteiger partial charge in [0.25, 0.3) is 11.9 Å². The van der Waals surface area contributed by atoms with Crippen LogP contribution in [-0.2, 0) is 17.9 Å². The molecule has 8 heteroatoms. The van der Waals surface area contributed by atoms with Gasteiger partial charge in [0.1, 0.15) is 17.5 Å². The number of hydrogen-bond acceptors (Lipinski definition) is 5. The third kappa shape index (κ3) is 2.72. The quantitative estimate of drug-likeness (QED) is 0.806. The van der Waals surface area contributed by atoms with Crippen molar-refractivity contribution in [3.05, 3.63) is 42.1 Å². The Morgan fingerprint density at radius 3 is 2.78 bits per heavy atom. The number of aromatic nitrogens is 2. The van der Waals surface area contributed by atoms with Crippen molar-refractivity contribution in [2.45, 2.75) is 36.3 Å². The van der Waals surface area contributed by atoms with Crippen molar-refractivity contribution in [2.24, 2.45) is 0 Å². The molecule has 1 saturated carbocycles. The average Bonchev–Trinajstić information content (AvgIpc) is 2.83. The van der Waals surface area contributed by atoms with E-state index < -0.39 is 23.4 Å². The Hall–Kier alpha value is -1.93. The fourth-order valence-corrected chi connectivity index (χ4v) is 3.94. The van der Waals surface area contributed by atoms with Crippen LogP contribution >= 0.6 is 0 Å². The molecule has 1 aliphatic heterocycles. The molecule has 1 atom stereocenters. The zero-order valence-electron chi connectivity index (χ0n) is 12.0. The summed E-state index contributed by atoms with van der Waals surface area (Å²) >= 11 is -1.37. The van der Waals surface area contributed by atoms with E-state index in [9.17, 15) is 13.3 Å². The molecule has 120 valence electrons. The maximum Gasteiger partial charge on any atom is 0.272 e. The van der Waals surface area contributed by atoms with E-state index in [0.717, 1.165) is 10.5 Å². The molecule has 5 nitrogen and oxygen atoms in total. The van der Waals surface area contributed by atoms with E-state index in [2.05, 4.69) is 9.97 Å². The molecule has 1 unspecified atom stereocenters. The molecule has 2 aliphatic rings. The lowest BCUT2D eigenvalue weighted by molar-refractivity contribution is -0.135. The molecule has 2 aromatic rings. The van der Waals surface area contributed by atoms with Gasteiger partial charge in [-0.2, -0.15) is 4.98 Å². The molecule has 1 fully saturated rings. The molecule has 4 rings (SSSR count). The van der Waals surface area contributed by atoms with Crippen molar-refractivity contribution in [3.63, 3.8) is 0 Å². The van der Waals surface area contributed by atoms with Crippen LogP contribution in [0.15, 0.2) is 41.4 Å². The Kier molecular flexibility index (Phi) is 3.38. The van der Waals surface area contributed by atoms with E-state index in [-0.39, 0.29) is 24.7 Å². The minimum atomic E-state index is -2.64. The zero-order valence-corrected chi connectivity index (χ0v) is 12.8. The molecule has 2 heterocycles. The van der Waals surface area contributed by atoms with Crippen LogP contribution in [0.5, 0.6) is 5.88 Å². The highest BCUT2D eigenvalue weighted by molar-refractivity contribution is 7.93. The van der Waals surface area contributed by atoms with Gasteiger partial charge in [-0.1, -0.05) is 18.2 Å². The number of hydrogen-bond donors (Lipinski definition) is 0. The fraction of sp³-hybridized carbons (Fsp3) is 0.333. The van der Waals surface area contributed by atoms with Crippen LogP contribution in [0.3, 0.4) is 0 Å². The molecule has 1 aliphatic carbocycles. The van der Waals surface area contributed by atoms with Crippen LogP contribution in [0, 0.1) is 0 Å². The van der Waals surface area contributed by atoms with E-state index in [4.69, 9.17) is 4.74 Å². The second-order valence-corrected chi connectivity index (χ2v) is 6.97. The van der Waals surface area contributed by atoms with Crippen LogP contribution in [0.25, 0.3) is 0 Å². The van der Waals surface area contributed by atoms with Gasteiger partial charge in [-0.3, -0.25) is 0 Å². The Bertz CT molecular complexity index is 738. The van der Waals surface area contributed by atoms with Crippen molar-refractivity contribution < 1.29 is 18.1 Å². The largest absolute Gasteiger partial charge is 0.588 e. The highest BCUT2D eigenvalue weighted by Crippen LogP contribution is 2.40. The summed E-state index contributed by atoms with van der Waals surface area (Å²) < 4.78 is 45.2. The van der Waals surface area contributed by atoms with E-state index in [1.807, 2.05) is 24.3 Å². The maximum absolute atomic E-state index is 12.9. The molecular formula is C15H13F2N3O2S. The summed E-state index contributed by atoms with van der Waals surface area (Å²) in [5, 5.41) is 0. The first-order chi connectivity index (χ1) is 11.0. The molecular weight excluding hydrogens is 324 g/mol. The summed E-state index contributed by atoms with van der Waals surface area (Å²) in [7, 11) is 0. The zero-order chi connectivity index (χ0) is 16.0. The van der Waals surface area contributed by atoms with Gasteiger partial charge in [0.15, 0.2) is 4.90 Å². The van der Waals surface area contributed by atoms with Gasteiger partial charge < -0.3 is 9.29 Å². The number of alkyl halides is 2. The van der Waals surface area contributed by atoms with Gasteiger partial charge in [0, 0.05) is 30.7 Å². The standard InChI is InChI=1S/C15H13F2N3O2S/c16-15(17)7-11(8-15)22-13-5-6-18-14(19-13)20-9-10-3-1-2-4-12(10)23(20)21/h1-6,11H,7-9H2. The normalized spacial score (nSPS) is 22.6. The number of rotatable bonds is 3. The second-order valence-electron chi connectivity index (χ2n) is 5.59. The smallest absolute Gasteiger partial charge is 0.272 e. The van der Waals surface area contributed by atoms with E-state index in [1.54, 1.807) is 4.31 Å². The summed E-state index contributed by atoms with van der Waals surface area (Å²) in [6.45, 7) is 0.438. The third-order valence-corrected chi connectivity index (χ3v) is 5.32. The molecule has 0 amide bonds. The number of anilines is 1. The Balaban J connectivity index is 1.51. The fourth-order valence-electron chi connectivity index (χ4n) is 2.66. The SMILES string of the molecule is [O-][S+]1c2ccccc2CN1c1nccc(OC2CC(F)(F)C2)n1. The van der Waals surface area contributed by atoms with Gasteiger partial charge in [-0.25, -0.2) is 13.8 Å². The van der Waals surface area contributed by atoms with Crippen molar-refractivity contribution in [1.82, 2.24) is 9.97 Å². The molecule has 1 aromatic heterocycles. The first-order valence-corrected chi connectivity index (χ1v) is 8.27. The van der Waals surface area contributed by atoms with Crippen molar-refractivity contribution in [2.75, 3.05) is 4.31 Å². The van der Waals surface area contributed by atoms with E-state index >= 15 is 0 Å². The van der Waals surface area contributed by atoms with Gasteiger partial charge in [0.2, 0.25) is 5.88 Å². The maximum atomic E-state index is 12.9. The Labute approximate surface area is 134 Å². The van der Waals surface area contributed by atoms with Crippen LogP contribution in [0.4, 0.5) is 14.7 Å². The highest BCUT2D eigenvalue weighted by Gasteiger charge is 2.47. The second kappa shape index (κ2) is 5.31. The lowest BCUT2D eigenvalue weighted by Crippen LogP contribution is -2.43. The van der Waals surface area contributed by atoms with Gasteiger partial charge in [0.05, 0.1) is 6.54 Å². The molecule has 0 saturated heterocycles. The van der Waals surface area contributed by atoms with Crippen molar-refractivity contribution in [3.8, 4) is 5.88 Å². The summed E-state index contributed by atoms with van der Waals surface area (Å²) in [6, 6.07) is 8.95. The van der Waals surface area contributed by atoms with Gasteiger partial charge in [-0.05, 0) is 6.07 Å². The highest BCUT2D eigenvalue weighted by atomic mass is 32.2. The summed E-state index contributed by atoms with van der Waals surface area (Å²) in [6.07, 6.45) is 0.351. The molecule has 0 spiro atoms. The van der Waals surface area contributed by atoms with Gasteiger partial charge in [-0.15, -0.1) is 4.31 Å². The topological polar surface area (TPSA) is 61.3 Å². The van der Waals surface area contributed by atoms with Crippen LogP contribution in [0.2, 0.25) is 0 Å². The first kappa shape index (κ1) is 14.6. The molecule has 23 heavy (non-hydrogen) atoms. The minimum absolute atomic E-state index is 0.225. The lowest BCUT2D eigenvalue weighted by Gasteiger charge is -2.34. The van der Waals surface area contributed by atoms with Crippen LogP contribution in [0.1, 0.15) is 18.4 Å². The summed E-state index contributed by atoms with van der Waals surface area (Å²) in [5.41, 5.74) is 0.958. The lowest BCUT2D eigenvalue weighted by atomic mass is 9.91. The number of ether oxygens (including phenoxy) is 1. The molecule has 1 aromatic carbocycles. The number of nitrogens with zero attached hydrogens (tertiary/aromatic N) is 3. The molecule has 0 bridgehead atoms. The van der Waals surface area contributed by atoms with Gasteiger partial charge >= 0.3 is 0 Å². The van der Waals surface area contributed by atoms with E-state index in [1.165, 1.54) is 12.3 Å². The summed E-state index contributed by atoms with van der Waals surface area (Å²) in [5.74, 6) is -2.15. The molecule has 0 N–H and O–H groups in total. The predicted molar refractivity (Wildman–Crippen MR) is 79.7 cm³/mol. The van der Waals surface area contributed by atoms with Crippen LogP contribution < -0.4 is 9.04 Å². The van der Waals surface area contributed by atoms with Crippen LogP contribution in [-0.4, -0.2) is 26.5 Å². The first-order valence-electron chi connectivity index (χ1n) is 7.17. The Morgan fingerprint density at radius 1 is 1.26 bits per heavy atom. The average molecular weight is 337 g/mol. The number of benzene rings is 1. The monoisotopic (exact) mass is 337 g/mol. The minimum Gasteiger partial charge on any atom is -0.588 e. The van der Waals surface area contributed by atoms with E-state index in [0.29, 0.717) is 6.54 Å². The number of halogens is 2. The Morgan fingerprint density at radius 2 is 2.04 bits per heavy atom. The van der Waals surface area contributed by atoms with Crippen molar-refractivity contribution in [1.29, 1.82) is 0 Å². The number of fused-ring (bicyclic) bond motifs is 1. The third-order valence-electron chi connectivity index (χ3n) is 3.86. The predicted octanol–water partition coefficient (Wildman–Crippen LogP) is 2.70.